The van der Waals surface area contributed by atoms with Crippen LogP contribution in [0.4, 0.5) is 0 Å². The number of carbonyl (C=O) groups excluding carboxylic acids is 9. The van der Waals surface area contributed by atoms with Gasteiger partial charge < -0.3 is 72.5 Å². The molecule has 3 saturated heterocycles. The lowest BCUT2D eigenvalue weighted by atomic mass is 9.77. The maximum atomic E-state index is 14.7. The van der Waals surface area contributed by atoms with Crippen molar-refractivity contribution in [2.75, 3.05) is 39.5 Å². The fraction of sp³-hybridized carbons (Fsp3) is 0.633. The number of nitrogens with zero attached hydrogens (tertiary/aromatic N) is 6. The van der Waals surface area contributed by atoms with Crippen molar-refractivity contribution in [2.24, 2.45) is 70.5 Å². The molecule has 3 amide bonds. The number of aryl methyl sites for hydroxylation is 3. The van der Waals surface area contributed by atoms with E-state index in [-0.39, 0.29) is 181 Å². The van der Waals surface area contributed by atoms with E-state index in [1.165, 1.54) is 22.0 Å². The topological polar surface area (TPSA) is 430 Å². The maximum Gasteiger partial charge on any atom is 0.332 e. The van der Waals surface area contributed by atoms with E-state index in [4.69, 9.17) is 28.4 Å². The Labute approximate surface area is 832 Å². The van der Waals surface area contributed by atoms with Crippen molar-refractivity contribution in [2.45, 2.75) is 324 Å². The molecule has 6 aliphatic heterocycles. The van der Waals surface area contributed by atoms with Crippen LogP contribution in [0.2, 0.25) is 0 Å². The summed E-state index contributed by atoms with van der Waals surface area (Å²) in [6.07, 6.45) is 28.8. The highest BCUT2D eigenvalue weighted by molar-refractivity contribution is 7.54. The number of aromatic nitrogens is 3. The quantitative estimate of drug-likeness (QED) is 0.0201. The Morgan fingerprint density at radius 1 is 0.430 bits per heavy atom. The van der Waals surface area contributed by atoms with E-state index in [9.17, 15) is 86.2 Å². The Morgan fingerprint density at radius 2 is 0.754 bits per heavy atom. The predicted octanol–water partition coefficient (Wildman–Crippen LogP) is 17.9. The first-order chi connectivity index (χ1) is 67.8. The number of benzene rings is 3. The van der Waals surface area contributed by atoms with Crippen LogP contribution in [0.1, 0.15) is 270 Å². The zero-order valence-electron chi connectivity index (χ0n) is 83.0. The van der Waals surface area contributed by atoms with Crippen LogP contribution in [0.5, 0.6) is 17.6 Å². The lowest BCUT2D eigenvalue weighted by Gasteiger charge is -2.34. The Kier molecular flexibility index (Phi) is 33.4. The van der Waals surface area contributed by atoms with E-state index in [1.54, 1.807) is 23.5 Å². The molecule has 18 rings (SSSR count). The first kappa shape index (κ1) is 106. The smallest absolute Gasteiger partial charge is 0.332 e. The summed E-state index contributed by atoms with van der Waals surface area (Å²) in [5.74, 6) is -4.84. The number of cyclic esters (lactones) is 3. The van der Waals surface area contributed by atoms with Crippen molar-refractivity contribution in [3.05, 3.63) is 133 Å². The number of ether oxygens (including phenoxy) is 6. The lowest BCUT2D eigenvalue weighted by Crippen LogP contribution is -2.47. The van der Waals surface area contributed by atoms with Gasteiger partial charge in [-0.3, -0.25) is 56.8 Å². The molecule has 33 heteroatoms. The molecule has 17 atom stereocenters. The number of allylic oxidation sites excluding steroid dienone is 2. The molecule has 0 spiro atoms. The molecule has 3 aromatic heterocycles. The minimum atomic E-state index is -4.64. The summed E-state index contributed by atoms with van der Waals surface area (Å²) >= 11 is 0. The maximum absolute atomic E-state index is 14.7. The van der Waals surface area contributed by atoms with Crippen molar-refractivity contribution >= 4 is 108 Å². The zero-order valence-corrected chi connectivity index (χ0v) is 85.7. The summed E-state index contributed by atoms with van der Waals surface area (Å²) in [6, 6.07) is 21.7. The monoisotopic (exact) mass is 2010 g/mol. The van der Waals surface area contributed by atoms with Crippen LogP contribution in [-0.4, -0.2) is 203 Å². The van der Waals surface area contributed by atoms with E-state index < -0.39 is 134 Å². The van der Waals surface area contributed by atoms with Crippen molar-refractivity contribution in [3.63, 3.8) is 0 Å². The van der Waals surface area contributed by atoms with E-state index in [2.05, 4.69) is 98.3 Å². The molecule has 12 aliphatic rings. The number of fused-ring (bicyclic) bond motifs is 9. The number of rotatable bonds is 18. The number of carbonyl (C=O) groups is 9. The molecule has 9 fully saturated rings. The van der Waals surface area contributed by atoms with Crippen LogP contribution in [0.3, 0.4) is 0 Å². The SMILES string of the molecule is C=CC1CC1(CC(=O)[C@@H]1C[C@@H]2CN1C(=O)[C@H](C1CCCCC1)CC(=O)OC[C@@H](C)CCCc1ccc3ccnc(c3c1)O2)P(=O)(O)O.C=CC1CC1(CC(=O)[C@@H]1C[C@@H]2CN1C(=O)[C@H](C1CCCCC1)CC(=O)OC[C@H](C)CCCc1ccc3ccnc(c3c1)O2)P(=O)(O)O.CCC1CC1(CC(=O)[C@@H]1C[C@@H]2CN1C(=O)[C@H](C1CCCCC1)CC(=O)OCC(C)(C)CCCc1ccc3ccnc(c3c1)O2)P(=O)(O)O. The highest BCUT2D eigenvalue weighted by Gasteiger charge is 2.69. The molecule has 0 radical (unpaired) electrons. The molecule has 6 saturated carbocycles. The van der Waals surface area contributed by atoms with Crippen LogP contribution >= 0.6 is 22.8 Å². The van der Waals surface area contributed by atoms with Crippen LogP contribution in [0, 0.1) is 70.5 Å². The molecule has 6 N–H and O–H groups in total. The zero-order chi connectivity index (χ0) is 101. The molecule has 6 aliphatic carbocycles. The molecule has 6 aromatic rings. The highest BCUT2D eigenvalue weighted by Crippen LogP contribution is 2.73. The first-order valence-corrected chi connectivity index (χ1v) is 57.1. The third kappa shape index (κ3) is 24.3. The molecule has 770 valence electrons. The van der Waals surface area contributed by atoms with Gasteiger partial charge in [-0.2, -0.15) is 0 Å². The average molecular weight is 2020 g/mol. The van der Waals surface area contributed by atoms with Gasteiger partial charge in [0.05, 0.1) is 110 Å². The Morgan fingerprint density at radius 3 is 1.06 bits per heavy atom. The van der Waals surface area contributed by atoms with Crippen molar-refractivity contribution in [1.82, 2.24) is 29.7 Å². The Balaban J connectivity index is 0.000000153. The van der Waals surface area contributed by atoms with Crippen molar-refractivity contribution in [1.29, 1.82) is 0 Å². The standard InChI is InChI=1S/C37H51N2O8P.2C36H47N2O8P/c1-4-27-20-37(27,48(43,44)45)21-32(40)31-18-28-22-39(31)35(42)30(25-10-6-5-7-11-25)19-33(41)46-23-36(2,3)15-8-9-24-12-13-26-14-16-38-34(47-28)29(26)17-24;2*1-3-27-19-36(27,47(42,43)44)20-32(39)31-17-28-21-38(31)35(41)30(25-10-5-4-6-11-25)18-33(40)45-22-23(2)8-7-9-24-12-13-26-14-15-37-34(46-28)29(26)16-24/h12-14,16-17,25,27-28,30-31H,4-11,15,18-23H2,1-3H3,(H2,43,44,45);2*3,12-16,23,25,27-28,30-31H,1,4-11,17-22H2,2H3,(H2,42,43,44)/t27?,28-,30+,31+,37?;23-,27?,28+,30-,31-,36?;23-,27?,28-,30+,31+,36?/m101/s1. The van der Waals surface area contributed by atoms with Crippen LogP contribution < -0.4 is 14.2 Å². The first-order valence-electron chi connectivity index (χ1n) is 52.3. The molecule has 30 nitrogen and oxygen atoms in total. The van der Waals surface area contributed by atoms with Crippen LogP contribution in [-0.2, 0) is 90.3 Å². The lowest BCUT2D eigenvalue weighted by molar-refractivity contribution is -0.154. The van der Waals surface area contributed by atoms with Crippen LogP contribution in [0.25, 0.3) is 32.3 Å². The van der Waals surface area contributed by atoms with Gasteiger partial charge in [0.1, 0.15) is 18.3 Å². The molecular formula is C109H145N6O24P3. The van der Waals surface area contributed by atoms with E-state index in [1.807, 2.05) is 37.3 Å². The van der Waals surface area contributed by atoms with E-state index >= 15 is 0 Å². The van der Waals surface area contributed by atoms with E-state index in [0.717, 1.165) is 203 Å². The summed E-state index contributed by atoms with van der Waals surface area (Å²) in [5.41, 5.74) is 3.16. The van der Waals surface area contributed by atoms with Gasteiger partial charge in [-0.15, -0.1) is 13.2 Å². The Hall–Kier alpha value is -8.95. The second-order valence-corrected chi connectivity index (χ2v) is 50.3. The predicted molar refractivity (Wildman–Crippen MR) is 535 cm³/mol. The number of hydrogen-bond acceptors (Lipinski definition) is 21. The van der Waals surface area contributed by atoms with Gasteiger partial charge in [0, 0.05) is 73.3 Å². The summed E-state index contributed by atoms with van der Waals surface area (Å²) < 4.78 is 74.8. The normalized spacial score (nSPS) is 30.9. The molecule has 9 heterocycles. The third-order valence-electron chi connectivity index (χ3n) is 33.7. The van der Waals surface area contributed by atoms with Crippen molar-refractivity contribution in [3.8, 4) is 17.6 Å². The summed E-state index contributed by atoms with van der Waals surface area (Å²) in [6.45, 7) is 18.8. The Bertz CT molecular complexity index is 5590. The molecule has 142 heavy (non-hydrogen) atoms. The number of pyridine rings is 3. The summed E-state index contributed by atoms with van der Waals surface area (Å²) in [7, 11) is -13.9. The fourth-order valence-corrected chi connectivity index (χ4v) is 29.0. The van der Waals surface area contributed by atoms with Crippen molar-refractivity contribution < 1.29 is 115 Å². The minimum absolute atomic E-state index is 0.0133. The van der Waals surface area contributed by atoms with Gasteiger partial charge in [-0.05, 0) is 238 Å². The van der Waals surface area contributed by atoms with E-state index in [0.29, 0.717) is 24.1 Å². The number of Topliss-reactive ketones (excluding diaryl/α,β-unsaturated/α-hetero) is 3. The molecular weight excluding hydrogens is 1870 g/mol. The number of hydrogen-bond donors (Lipinski definition) is 6. The minimum Gasteiger partial charge on any atom is -0.472 e. The average Bonchev–Trinajstić information content (AvgIpc) is 1.57. The van der Waals surface area contributed by atoms with Gasteiger partial charge in [0.2, 0.25) is 35.4 Å². The summed E-state index contributed by atoms with van der Waals surface area (Å²) in [5, 5.41) is 1.11. The second-order valence-electron chi connectivity index (χ2n) is 44.4. The number of esters is 3. The van der Waals surface area contributed by atoms with Gasteiger partial charge in [-0.25, -0.2) is 15.0 Å². The highest BCUT2D eigenvalue weighted by atomic mass is 31.2. The van der Waals surface area contributed by atoms with Gasteiger partial charge in [-0.1, -0.05) is 147 Å². The molecule has 3 aromatic carbocycles. The summed E-state index contributed by atoms with van der Waals surface area (Å²) in [4.78, 5) is 206. The largest absolute Gasteiger partial charge is 0.472 e. The number of amides is 3. The second kappa shape index (κ2) is 44.8. The molecule has 12 bridgehead atoms. The van der Waals surface area contributed by atoms with Gasteiger partial charge in [0.15, 0.2) is 17.3 Å². The van der Waals surface area contributed by atoms with Gasteiger partial charge >= 0.3 is 40.7 Å². The van der Waals surface area contributed by atoms with Crippen LogP contribution in [0.15, 0.2) is 117 Å². The number of ketones is 3. The fourth-order valence-electron chi connectivity index (χ4n) is 24.8. The molecule has 6 unspecified atom stereocenters. The third-order valence-corrected chi connectivity index (χ3v) is 39.2. The van der Waals surface area contributed by atoms with Gasteiger partial charge in [0.25, 0.3) is 0 Å².